The topological polar surface area (TPSA) is 40.5 Å². The lowest BCUT2D eigenvalue weighted by atomic mass is 10.0. The van der Waals surface area contributed by atoms with Gasteiger partial charge < -0.3 is 12.4 Å². The lowest BCUT2D eigenvalue weighted by Crippen LogP contribution is -3.00. The maximum atomic E-state index is 9.44. The van der Waals surface area contributed by atoms with Gasteiger partial charge in [-0.3, -0.25) is 0 Å². The third-order valence-corrected chi connectivity index (χ3v) is 4.83. The van der Waals surface area contributed by atoms with Crippen LogP contribution in [0.3, 0.4) is 0 Å². The number of unbranched alkanes of at least 4 members (excludes halogenated alkanes) is 10. The summed E-state index contributed by atoms with van der Waals surface area (Å²) in [6, 6.07) is 10.8. The van der Waals surface area contributed by atoms with Crippen molar-refractivity contribution in [3.05, 3.63) is 35.9 Å². The van der Waals surface area contributed by atoms with Crippen LogP contribution in [0.5, 0.6) is 0 Å². The SMILES string of the molecule is CC[N+](O)(O)CCCCCCCCCCCCCc1ccccc1.[Cl-]. The molecule has 0 bridgehead atoms. The first-order valence-electron chi connectivity index (χ1n) is 10.0. The molecule has 146 valence electrons. The highest BCUT2D eigenvalue weighted by Crippen LogP contribution is 2.13. The number of halogens is 1. The van der Waals surface area contributed by atoms with E-state index in [1.54, 1.807) is 6.92 Å². The zero-order valence-corrected chi connectivity index (χ0v) is 16.8. The molecule has 1 aromatic rings. The van der Waals surface area contributed by atoms with Gasteiger partial charge in [0.05, 0.1) is 0 Å². The summed E-state index contributed by atoms with van der Waals surface area (Å²) < 4.78 is 0. The monoisotopic (exact) mass is 371 g/mol. The van der Waals surface area contributed by atoms with E-state index in [1.807, 2.05) is 0 Å². The summed E-state index contributed by atoms with van der Waals surface area (Å²) in [5, 5.41) is 18.9. The average Bonchev–Trinajstić information content (AvgIpc) is 2.60. The first-order valence-corrected chi connectivity index (χ1v) is 10.0. The summed E-state index contributed by atoms with van der Waals surface area (Å²) in [6.07, 6.45) is 15.2. The van der Waals surface area contributed by atoms with E-state index in [9.17, 15) is 10.4 Å². The van der Waals surface area contributed by atoms with Crippen molar-refractivity contribution >= 4 is 0 Å². The quantitative estimate of drug-likeness (QED) is 0.282. The molecule has 1 rings (SSSR count). The van der Waals surface area contributed by atoms with Crippen molar-refractivity contribution in [3.63, 3.8) is 0 Å². The van der Waals surface area contributed by atoms with Crippen molar-refractivity contribution in [1.29, 1.82) is 0 Å². The van der Waals surface area contributed by atoms with Crippen molar-refractivity contribution in [1.82, 2.24) is 0 Å². The van der Waals surface area contributed by atoms with Gasteiger partial charge in [-0.15, -0.1) is 0 Å². The normalized spacial score (nSPS) is 11.3. The fourth-order valence-corrected chi connectivity index (χ4v) is 3.09. The third kappa shape index (κ3) is 14.3. The van der Waals surface area contributed by atoms with E-state index in [1.165, 1.54) is 69.8 Å². The minimum absolute atomic E-state index is 0. The molecule has 3 nitrogen and oxygen atoms in total. The highest BCUT2D eigenvalue weighted by atomic mass is 35.5. The van der Waals surface area contributed by atoms with Gasteiger partial charge >= 0.3 is 0 Å². The minimum Gasteiger partial charge on any atom is -1.00 e. The average molecular weight is 372 g/mol. The van der Waals surface area contributed by atoms with Gasteiger partial charge in [0.15, 0.2) is 0 Å². The molecule has 25 heavy (non-hydrogen) atoms. The number of hydroxylamine groups is 4. The molecule has 0 saturated carbocycles. The molecule has 0 heterocycles. The molecule has 0 fully saturated rings. The Labute approximate surface area is 161 Å². The molecule has 0 aliphatic rings. The summed E-state index contributed by atoms with van der Waals surface area (Å²) in [4.78, 5) is -0.815. The molecule has 0 aliphatic heterocycles. The van der Waals surface area contributed by atoms with E-state index in [0.717, 1.165) is 12.8 Å². The maximum Gasteiger partial charge on any atom is 0.142 e. The zero-order valence-electron chi connectivity index (χ0n) is 16.0. The number of rotatable bonds is 15. The molecular formula is C21H38ClNO2. The number of benzene rings is 1. The summed E-state index contributed by atoms with van der Waals surface area (Å²) in [5.41, 5.74) is 1.47. The van der Waals surface area contributed by atoms with E-state index in [4.69, 9.17) is 0 Å². The first kappa shape index (κ1) is 24.4. The van der Waals surface area contributed by atoms with Gasteiger partial charge in [-0.05, 0) is 36.6 Å². The maximum absolute atomic E-state index is 9.44. The molecule has 0 saturated heterocycles. The number of quaternary nitrogens is 1. The second kappa shape index (κ2) is 15.6. The zero-order chi connectivity index (χ0) is 17.5. The Morgan fingerprint density at radius 2 is 1.12 bits per heavy atom. The van der Waals surface area contributed by atoms with Crippen LogP contribution < -0.4 is 12.4 Å². The van der Waals surface area contributed by atoms with E-state index >= 15 is 0 Å². The second-order valence-corrected chi connectivity index (χ2v) is 7.04. The molecule has 0 aliphatic carbocycles. The summed E-state index contributed by atoms with van der Waals surface area (Å²) in [7, 11) is 0. The summed E-state index contributed by atoms with van der Waals surface area (Å²) in [5.74, 6) is 0. The van der Waals surface area contributed by atoms with Crippen LogP contribution in [0.15, 0.2) is 30.3 Å². The van der Waals surface area contributed by atoms with Gasteiger partial charge in [-0.2, -0.15) is 10.4 Å². The molecular weight excluding hydrogens is 334 g/mol. The summed E-state index contributed by atoms with van der Waals surface area (Å²) in [6.45, 7) is 2.62. The Balaban J connectivity index is 0.00000576. The molecule has 0 aromatic heterocycles. The van der Waals surface area contributed by atoms with Crippen LogP contribution in [0.25, 0.3) is 0 Å². The highest BCUT2D eigenvalue weighted by Gasteiger charge is 2.17. The van der Waals surface area contributed by atoms with E-state index in [2.05, 4.69) is 30.3 Å². The molecule has 4 heteroatoms. The van der Waals surface area contributed by atoms with Crippen molar-refractivity contribution < 1.29 is 27.6 Å². The van der Waals surface area contributed by atoms with Gasteiger partial charge in [0.25, 0.3) is 0 Å². The molecule has 0 amide bonds. The van der Waals surface area contributed by atoms with Crippen molar-refractivity contribution in [3.8, 4) is 0 Å². The highest BCUT2D eigenvalue weighted by molar-refractivity contribution is 5.14. The van der Waals surface area contributed by atoms with Gasteiger partial charge in [0.1, 0.15) is 13.1 Å². The van der Waals surface area contributed by atoms with Crippen LogP contribution in [0, 0.1) is 0 Å². The standard InChI is InChI=1S/C21H38NO2.ClH/c1-2-22(23,24)20-16-11-9-7-5-3-4-6-8-10-13-17-21-18-14-12-15-19-21;/h12,14-15,18-19,23-24H,2-11,13,16-17,20H2,1H3;1H/q+1;/p-1. The Hall–Kier alpha value is -0.610. The van der Waals surface area contributed by atoms with Crippen LogP contribution in [0.4, 0.5) is 0 Å². The number of hydrogen-bond donors (Lipinski definition) is 2. The van der Waals surface area contributed by atoms with Gasteiger partial charge in [-0.25, -0.2) is 0 Å². The van der Waals surface area contributed by atoms with Crippen LogP contribution in [0.1, 0.15) is 83.1 Å². The largest absolute Gasteiger partial charge is 1.00 e. The number of nitrogens with zero attached hydrogens (tertiary/aromatic N) is 1. The van der Waals surface area contributed by atoms with Gasteiger partial charge in [-0.1, -0.05) is 81.7 Å². The lowest BCUT2D eigenvalue weighted by molar-refractivity contribution is -1.24. The second-order valence-electron chi connectivity index (χ2n) is 7.04. The lowest BCUT2D eigenvalue weighted by Gasteiger charge is -2.18. The molecule has 0 unspecified atom stereocenters. The van der Waals surface area contributed by atoms with Gasteiger partial charge in [0, 0.05) is 6.42 Å². The van der Waals surface area contributed by atoms with E-state index in [-0.39, 0.29) is 12.4 Å². The first-order chi connectivity index (χ1) is 11.6. The fraction of sp³-hybridized carbons (Fsp3) is 0.714. The predicted octanol–water partition coefficient (Wildman–Crippen LogP) is 3.14. The van der Waals surface area contributed by atoms with Crippen LogP contribution >= 0.6 is 0 Å². The smallest absolute Gasteiger partial charge is 0.142 e. The Morgan fingerprint density at radius 1 is 0.680 bits per heavy atom. The van der Waals surface area contributed by atoms with Crippen molar-refractivity contribution in [2.24, 2.45) is 0 Å². The third-order valence-electron chi connectivity index (χ3n) is 4.83. The summed E-state index contributed by atoms with van der Waals surface area (Å²) >= 11 is 0. The fourth-order valence-electron chi connectivity index (χ4n) is 3.09. The Morgan fingerprint density at radius 3 is 1.60 bits per heavy atom. The van der Waals surface area contributed by atoms with Crippen LogP contribution in [-0.2, 0) is 6.42 Å². The molecule has 0 atom stereocenters. The Bertz CT molecular complexity index is 398. The molecule has 0 radical (unpaired) electrons. The van der Waals surface area contributed by atoms with Crippen molar-refractivity contribution in [2.75, 3.05) is 13.1 Å². The number of hydrogen-bond acceptors (Lipinski definition) is 2. The Kier molecular flexibility index (Phi) is 15.2. The molecule has 2 N–H and O–H groups in total. The van der Waals surface area contributed by atoms with Gasteiger partial charge in [0.2, 0.25) is 0 Å². The van der Waals surface area contributed by atoms with Crippen LogP contribution in [-0.4, -0.2) is 28.3 Å². The van der Waals surface area contributed by atoms with E-state index < -0.39 is 4.81 Å². The predicted molar refractivity (Wildman–Crippen MR) is 100 cm³/mol. The molecule has 1 aromatic carbocycles. The van der Waals surface area contributed by atoms with Crippen molar-refractivity contribution in [2.45, 2.75) is 84.0 Å². The van der Waals surface area contributed by atoms with E-state index in [0.29, 0.717) is 13.1 Å². The van der Waals surface area contributed by atoms with Crippen LogP contribution in [0.2, 0.25) is 0 Å². The number of aryl methyl sites for hydroxylation is 1. The minimum atomic E-state index is -0.815. The molecule has 0 spiro atoms.